The molecule has 5 N–H and O–H groups in total. The molecule has 0 aliphatic heterocycles. The molecule has 0 unspecified atom stereocenters. The lowest BCUT2D eigenvalue weighted by molar-refractivity contribution is -0.121. The van der Waals surface area contributed by atoms with Gasteiger partial charge in [0.25, 0.3) is 5.56 Å². The standard InChI is InChI=1S/C25H27N7O2/c1-17-19(9-10-22(26)31-17)14-29-23(33)16-32-21(20-8-5-12-27-20)15-30-24(25(32)34)28-13-11-18-6-3-2-4-7-18/h2-10,12,15,27H,11,13-14,16H2,1H3,(H2,26,31)(H,28,30)(H,29,33). The molecule has 0 aliphatic rings. The maximum atomic E-state index is 13.2. The van der Waals surface area contributed by atoms with E-state index < -0.39 is 0 Å². The molecular formula is C25H27N7O2. The number of aromatic amines is 1. The summed E-state index contributed by atoms with van der Waals surface area (Å²) in [6, 6.07) is 17.2. The van der Waals surface area contributed by atoms with Crippen LogP contribution in [-0.2, 0) is 24.3 Å². The minimum absolute atomic E-state index is 0.148. The lowest BCUT2D eigenvalue weighted by Gasteiger charge is -2.14. The summed E-state index contributed by atoms with van der Waals surface area (Å²) in [4.78, 5) is 37.6. The van der Waals surface area contributed by atoms with Crippen LogP contribution in [0.15, 0.2) is 71.8 Å². The van der Waals surface area contributed by atoms with Gasteiger partial charge in [-0.25, -0.2) is 9.97 Å². The Hall–Kier alpha value is -4.40. The third-order valence-corrected chi connectivity index (χ3v) is 5.47. The number of benzene rings is 1. The second-order valence-electron chi connectivity index (χ2n) is 7.89. The number of nitrogens with one attached hydrogen (secondary N) is 3. The van der Waals surface area contributed by atoms with Gasteiger partial charge in [0.1, 0.15) is 12.4 Å². The van der Waals surface area contributed by atoms with E-state index in [1.165, 1.54) is 4.57 Å². The largest absolute Gasteiger partial charge is 0.384 e. The number of aromatic nitrogens is 4. The first kappa shape index (κ1) is 22.8. The Labute approximate surface area is 197 Å². The molecule has 1 amide bonds. The van der Waals surface area contributed by atoms with Gasteiger partial charge in [0.15, 0.2) is 5.82 Å². The summed E-state index contributed by atoms with van der Waals surface area (Å²) < 4.78 is 1.42. The summed E-state index contributed by atoms with van der Waals surface area (Å²) in [7, 11) is 0. The summed E-state index contributed by atoms with van der Waals surface area (Å²) in [5.41, 5.74) is 9.33. The number of carbonyl (C=O) groups is 1. The highest BCUT2D eigenvalue weighted by atomic mass is 16.2. The van der Waals surface area contributed by atoms with Gasteiger partial charge < -0.3 is 21.4 Å². The molecule has 4 aromatic rings. The Morgan fingerprint density at radius 2 is 1.94 bits per heavy atom. The van der Waals surface area contributed by atoms with Gasteiger partial charge in [0, 0.05) is 25.0 Å². The summed E-state index contributed by atoms with van der Waals surface area (Å²) in [5.74, 6) is 0.337. The molecule has 3 heterocycles. The van der Waals surface area contributed by atoms with Gasteiger partial charge in [0.2, 0.25) is 5.91 Å². The third-order valence-electron chi connectivity index (χ3n) is 5.47. The predicted octanol–water partition coefficient (Wildman–Crippen LogP) is 2.50. The maximum absolute atomic E-state index is 13.2. The summed E-state index contributed by atoms with van der Waals surface area (Å²) in [5, 5.41) is 5.97. The molecule has 1 aromatic carbocycles. The van der Waals surface area contributed by atoms with E-state index in [2.05, 4.69) is 25.6 Å². The van der Waals surface area contributed by atoms with Gasteiger partial charge in [0.05, 0.1) is 17.6 Å². The molecule has 0 spiro atoms. The van der Waals surface area contributed by atoms with Crippen LogP contribution in [0.3, 0.4) is 0 Å². The van der Waals surface area contributed by atoms with Crippen molar-refractivity contribution in [3.05, 3.63) is 94.2 Å². The molecule has 0 aliphatic carbocycles. The number of carbonyl (C=O) groups excluding carboxylic acids is 1. The highest BCUT2D eigenvalue weighted by Gasteiger charge is 2.15. The number of pyridine rings is 1. The van der Waals surface area contributed by atoms with Gasteiger partial charge >= 0.3 is 0 Å². The maximum Gasteiger partial charge on any atom is 0.294 e. The number of amides is 1. The van der Waals surface area contributed by atoms with Gasteiger partial charge in [-0.1, -0.05) is 36.4 Å². The number of hydrogen-bond acceptors (Lipinski definition) is 6. The van der Waals surface area contributed by atoms with E-state index in [4.69, 9.17) is 5.73 Å². The van der Waals surface area contributed by atoms with E-state index in [1.54, 1.807) is 18.5 Å². The number of hydrogen-bond donors (Lipinski definition) is 4. The number of aryl methyl sites for hydroxylation is 1. The monoisotopic (exact) mass is 457 g/mol. The summed E-state index contributed by atoms with van der Waals surface area (Å²) in [6.07, 6.45) is 4.10. The fourth-order valence-corrected chi connectivity index (χ4v) is 3.63. The zero-order chi connectivity index (χ0) is 23.9. The number of nitrogens with two attached hydrogens (primary N) is 1. The van der Waals surface area contributed by atoms with E-state index in [0.29, 0.717) is 23.8 Å². The van der Waals surface area contributed by atoms with Crippen LogP contribution in [0.25, 0.3) is 11.4 Å². The molecule has 0 saturated heterocycles. The molecule has 34 heavy (non-hydrogen) atoms. The Morgan fingerprint density at radius 1 is 1.12 bits per heavy atom. The molecule has 0 atom stereocenters. The molecule has 3 aromatic heterocycles. The van der Waals surface area contributed by atoms with E-state index in [1.807, 2.05) is 55.5 Å². The van der Waals surface area contributed by atoms with Crippen LogP contribution in [0.5, 0.6) is 0 Å². The molecule has 9 heteroatoms. The lowest BCUT2D eigenvalue weighted by Crippen LogP contribution is -2.34. The number of anilines is 2. The van der Waals surface area contributed by atoms with Crippen LogP contribution >= 0.6 is 0 Å². The number of nitrogens with zero attached hydrogens (tertiary/aromatic N) is 3. The van der Waals surface area contributed by atoms with E-state index >= 15 is 0 Å². The molecule has 0 radical (unpaired) electrons. The summed E-state index contributed by atoms with van der Waals surface area (Å²) in [6.45, 7) is 2.52. The zero-order valence-corrected chi connectivity index (χ0v) is 18.9. The van der Waals surface area contributed by atoms with Crippen molar-refractivity contribution < 1.29 is 4.79 Å². The van der Waals surface area contributed by atoms with Crippen molar-refractivity contribution in [3.8, 4) is 11.4 Å². The fourth-order valence-electron chi connectivity index (χ4n) is 3.63. The number of rotatable bonds is 9. The summed E-state index contributed by atoms with van der Waals surface area (Å²) >= 11 is 0. The smallest absolute Gasteiger partial charge is 0.294 e. The average molecular weight is 458 g/mol. The first-order valence-electron chi connectivity index (χ1n) is 11.0. The normalized spacial score (nSPS) is 10.7. The topological polar surface area (TPSA) is 131 Å². The average Bonchev–Trinajstić information content (AvgIpc) is 3.36. The molecule has 0 saturated carbocycles. The van der Waals surface area contributed by atoms with E-state index in [9.17, 15) is 9.59 Å². The van der Waals surface area contributed by atoms with Crippen molar-refractivity contribution in [2.45, 2.75) is 26.4 Å². The van der Waals surface area contributed by atoms with Crippen LogP contribution in [0.1, 0.15) is 16.8 Å². The minimum Gasteiger partial charge on any atom is -0.384 e. The molecule has 0 fully saturated rings. The first-order valence-corrected chi connectivity index (χ1v) is 11.0. The van der Waals surface area contributed by atoms with Crippen molar-refractivity contribution >= 4 is 17.5 Å². The van der Waals surface area contributed by atoms with Crippen LogP contribution in [0.2, 0.25) is 0 Å². The van der Waals surface area contributed by atoms with E-state index in [0.717, 1.165) is 23.2 Å². The second kappa shape index (κ2) is 10.5. The Kier molecular flexibility index (Phi) is 7.02. The number of H-pyrrole nitrogens is 1. The van der Waals surface area contributed by atoms with Crippen LogP contribution in [0, 0.1) is 6.92 Å². The highest BCUT2D eigenvalue weighted by Crippen LogP contribution is 2.16. The minimum atomic E-state index is -0.361. The number of nitrogen functional groups attached to an aromatic ring is 1. The molecule has 9 nitrogen and oxygen atoms in total. The highest BCUT2D eigenvalue weighted by molar-refractivity contribution is 5.76. The fraction of sp³-hybridized carbons (Fsp3) is 0.200. The third kappa shape index (κ3) is 5.50. The van der Waals surface area contributed by atoms with Crippen molar-refractivity contribution in [1.29, 1.82) is 0 Å². The molecule has 174 valence electrons. The first-order chi connectivity index (χ1) is 16.5. The van der Waals surface area contributed by atoms with Crippen molar-refractivity contribution in [2.75, 3.05) is 17.6 Å². The molecule has 0 bridgehead atoms. The van der Waals surface area contributed by atoms with Gasteiger partial charge in [-0.05, 0) is 42.7 Å². The van der Waals surface area contributed by atoms with Crippen LogP contribution in [0.4, 0.5) is 11.6 Å². The van der Waals surface area contributed by atoms with Crippen molar-refractivity contribution in [3.63, 3.8) is 0 Å². The van der Waals surface area contributed by atoms with E-state index in [-0.39, 0.29) is 30.4 Å². The predicted molar refractivity (Wildman–Crippen MR) is 132 cm³/mol. The SMILES string of the molecule is Cc1nc(N)ccc1CNC(=O)Cn1c(-c2ccc[nH]2)cnc(NCCc2ccccc2)c1=O. The zero-order valence-electron chi connectivity index (χ0n) is 18.9. The van der Waals surface area contributed by atoms with Gasteiger partial charge in [-0.2, -0.15) is 0 Å². The van der Waals surface area contributed by atoms with Crippen LogP contribution < -0.4 is 21.9 Å². The second-order valence-corrected chi connectivity index (χ2v) is 7.89. The Bertz CT molecular complexity index is 1320. The lowest BCUT2D eigenvalue weighted by atomic mass is 10.1. The van der Waals surface area contributed by atoms with Gasteiger partial charge in [-0.15, -0.1) is 0 Å². The Balaban J connectivity index is 1.50. The quantitative estimate of drug-likeness (QED) is 0.305. The van der Waals surface area contributed by atoms with Gasteiger partial charge in [-0.3, -0.25) is 14.2 Å². The molecule has 4 rings (SSSR count). The van der Waals surface area contributed by atoms with Crippen LogP contribution in [-0.4, -0.2) is 32.0 Å². The van der Waals surface area contributed by atoms with Crippen molar-refractivity contribution in [2.24, 2.45) is 0 Å². The molecular weight excluding hydrogens is 430 g/mol. The Morgan fingerprint density at radius 3 is 2.68 bits per heavy atom. The van der Waals surface area contributed by atoms with Crippen molar-refractivity contribution in [1.82, 2.24) is 24.8 Å².